The smallest absolute Gasteiger partial charge is 0.299 e. The van der Waals surface area contributed by atoms with Crippen LogP contribution in [0, 0.1) is 18.3 Å². The fourth-order valence-corrected chi connectivity index (χ4v) is 4.58. The lowest BCUT2D eigenvalue weighted by molar-refractivity contribution is -0.110. The number of carbonyl (C=O) groups excluding carboxylic acids is 1. The topological polar surface area (TPSA) is 120 Å². The predicted molar refractivity (Wildman–Crippen MR) is 140 cm³/mol. The van der Waals surface area contributed by atoms with Gasteiger partial charge in [0.2, 0.25) is 5.70 Å². The number of nitrogens with one attached hydrogen (secondary N) is 1. The van der Waals surface area contributed by atoms with E-state index < -0.39 is 0 Å². The molecular formula is C27H26N8O2. The van der Waals surface area contributed by atoms with Crippen molar-refractivity contribution in [1.82, 2.24) is 14.3 Å². The lowest BCUT2D eigenvalue weighted by Gasteiger charge is -2.28. The minimum atomic E-state index is -0.345. The molecule has 186 valence electrons. The third-order valence-corrected chi connectivity index (χ3v) is 6.61. The quantitative estimate of drug-likeness (QED) is 0.422. The molecule has 2 aliphatic heterocycles. The van der Waals surface area contributed by atoms with E-state index in [0.717, 1.165) is 19.3 Å². The Labute approximate surface area is 213 Å². The number of allylic oxidation sites excluding steroid dienone is 1. The highest BCUT2D eigenvalue weighted by Gasteiger charge is 2.28. The summed E-state index contributed by atoms with van der Waals surface area (Å²) in [7, 11) is 1.77. The number of rotatable bonds is 5. The van der Waals surface area contributed by atoms with Gasteiger partial charge in [0.15, 0.2) is 11.5 Å². The van der Waals surface area contributed by atoms with Gasteiger partial charge in [-0.1, -0.05) is 36.4 Å². The number of aliphatic imine (C=N–C) groups is 1. The zero-order valence-electron chi connectivity index (χ0n) is 20.7. The van der Waals surface area contributed by atoms with Crippen LogP contribution in [-0.4, -0.2) is 39.0 Å². The first-order valence-corrected chi connectivity index (χ1v) is 12.1. The SMILES string of the molecule is Cc1c(N=N/C(C#N)=C(/N=C2C(=O)Nc3ccccc32)N2CCCCC2)c(=O)n(-c2ccccc2)n1C. The van der Waals surface area contributed by atoms with E-state index >= 15 is 0 Å². The van der Waals surface area contributed by atoms with Crippen LogP contribution in [0.4, 0.5) is 11.4 Å². The van der Waals surface area contributed by atoms with Crippen molar-refractivity contribution in [2.24, 2.45) is 22.3 Å². The first kappa shape index (κ1) is 23.9. The molecule has 2 aromatic carbocycles. The van der Waals surface area contributed by atoms with E-state index in [-0.39, 0.29) is 34.4 Å². The summed E-state index contributed by atoms with van der Waals surface area (Å²) < 4.78 is 3.21. The molecule has 37 heavy (non-hydrogen) atoms. The molecule has 0 unspecified atom stereocenters. The van der Waals surface area contributed by atoms with Gasteiger partial charge < -0.3 is 10.2 Å². The zero-order chi connectivity index (χ0) is 25.9. The van der Waals surface area contributed by atoms with Crippen LogP contribution >= 0.6 is 0 Å². The second-order valence-corrected chi connectivity index (χ2v) is 8.90. The van der Waals surface area contributed by atoms with E-state index in [4.69, 9.17) is 0 Å². The maximum absolute atomic E-state index is 13.2. The lowest BCUT2D eigenvalue weighted by atomic mass is 10.1. The number of likely N-dealkylation sites (tertiary alicyclic amines) is 1. The number of hydrogen-bond acceptors (Lipinski definition) is 7. The number of aromatic nitrogens is 2. The Balaban J connectivity index is 1.61. The molecule has 5 rings (SSSR count). The highest BCUT2D eigenvalue weighted by molar-refractivity contribution is 6.54. The van der Waals surface area contributed by atoms with Crippen molar-refractivity contribution >= 4 is 23.0 Å². The first-order valence-electron chi connectivity index (χ1n) is 12.1. The highest BCUT2D eigenvalue weighted by Crippen LogP contribution is 2.27. The second-order valence-electron chi connectivity index (χ2n) is 8.90. The van der Waals surface area contributed by atoms with Gasteiger partial charge in [-0.3, -0.25) is 14.3 Å². The van der Waals surface area contributed by atoms with Crippen molar-refractivity contribution in [3.63, 3.8) is 0 Å². The minimum Gasteiger partial charge on any atom is -0.354 e. The summed E-state index contributed by atoms with van der Waals surface area (Å²) in [4.78, 5) is 32.6. The number of piperidine rings is 1. The molecule has 0 saturated carbocycles. The fourth-order valence-electron chi connectivity index (χ4n) is 4.58. The first-order chi connectivity index (χ1) is 18.0. The number of nitriles is 1. The summed E-state index contributed by atoms with van der Waals surface area (Å²) in [6.07, 6.45) is 2.95. The molecule has 1 saturated heterocycles. The monoisotopic (exact) mass is 494 g/mol. The van der Waals surface area contributed by atoms with Gasteiger partial charge in [-0.05, 0) is 44.4 Å². The Bertz CT molecular complexity index is 1550. The minimum absolute atomic E-state index is 0.0551. The zero-order valence-corrected chi connectivity index (χ0v) is 20.7. The van der Waals surface area contributed by atoms with E-state index in [0.29, 0.717) is 35.7 Å². The number of hydrogen-bond donors (Lipinski definition) is 1. The molecule has 2 aliphatic rings. The van der Waals surface area contributed by atoms with Crippen LogP contribution in [0.1, 0.15) is 30.5 Å². The number of nitrogens with zero attached hydrogens (tertiary/aromatic N) is 7. The van der Waals surface area contributed by atoms with Crippen molar-refractivity contribution in [2.45, 2.75) is 26.2 Å². The second kappa shape index (κ2) is 10.1. The Morgan fingerprint density at radius 2 is 1.70 bits per heavy atom. The van der Waals surface area contributed by atoms with Crippen LogP contribution < -0.4 is 10.9 Å². The van der Waals surface area contributed by atoms with Crippen molar-refractivity contribution in [3.8, 4) is 11.8 Å². The molecule has 0 aliphatic carbocycles. The van der Waals surface area contributed by atoms with Gasteiger partial charge in [-0.25, -0.2) is 9.67 Å². The molecule has 1 aromatic heterocycles. The van der Waals surface area contributed by atoms with Crippen LogP contribution in [0.15, 0.2) is 86.1 Å². The normalized spacial score (nSPS) is 17.1. The lowest BCUT2D eigenvalue weighted by Crippen LogP contribution is -2.30. The molecule has 10 nitrogen and oxygen atoms in total. The molecule has 0 atom stereocenters. The van der Waals surface area contributed by atoms with Crippen molar-refractivity contribution < 1.29 is 4.79 Å². The summed E-state index contributed by atoms with van der Waals surface area (Å²) in [6, 6.07) is 18.6. The van der Waals surface area contributed by atoms with E-state index in [2.05, 4.69) is 26.6 Å². The molecule has 0 spiro atoms. The number of carbonyl (C=O) groups is 1. The maximum Gasteiger partial charge on any atom is 0.299 e. The standard InChI is InChI=1S/C27H26N8O2/c1-18-23(27(37)35(33(18)2)19-11-5-3-6-12-19)32-31-22(17-28)25(34-15-9-4-10-16-34)30-24-20-13-7-8-14-21(20)29-26(24)36/h3,5-8,11-14H,4,9-10,15-16H2,1-2H3,(H,29,30,36)/b25-22-,32-31?. The third-order valence-electron chi connectivity index (χ3n) is 6.61. The number of para-hydroxylation sites is 2. The van der Waals surface area contributed by atoms with E-state index in [1.807, 2.05) is 53.4 Å². The van der Waals surface area contributed by atoms with E-state index in [9.17, 15) is 14.9 Å². The number of benzene rings is 2. The molecule has 10 heteroatoms. The predicted octanol–water partition coefficient (Wildman–Crippen LogP) is 4.19. The van der Waals surface area contributed by atoms with E-state index in [1.165, 1.54) is 4.68 Å². The molecule has 1 fully saturated rings. The molecule has 0 radical (unpaired) electrons. The van der Waals surface area contributed by atoms with E-state index in [1.54, 1.807) is 24.7 Å². The van der Waals surface area contributed by atoms with Gasteiger partial charge in [0, 0.05) is 25.7 Å². The molecule has 3 heterocycles. The summed E-state index contributed by atoms with van der Waals surface area (Å²) in [5, 5.41) is 21.3. The number of anilines is 1. The molecule has 3 aromatic rings. The van der Waals surface area contributed by atoms with Crippen LogP contribution in [0.5, 0.6) is 0 Å². The van der Waals surface area contributed by atoms with Gasteiger partial charge in [0.05, 0.1) is 17.1 Å². The molecule has 1 N–H and O–H groups in total. The Kier molecular flexibility index (Phi) is 6.51. The summed E-state index contributed by atoms with van der Waals surface area (Å²) in [5.74, 6) is -0.0561. The molecule has 1 amide bonds. The van der Waals surface area contributed by atoms with Gasteiger partial charge >= 0.3 is 0 Å². The van der Waals surface area contributed by atoms with Crippen LogP contribution in [-0.2, 0) is 11.8 Å². The van der Waals surface area contributed by atoms with Crippen molar-refractivity contribution in [3.05, 3.63) is 87.7 Å². The van der Waals surface area contributed by atoms with Crippen LogP contribution in [0.3, 0.4) is 0 Å². The number of fused-ring (bicyclic) bond motifs is 1. The maximum atomic E-state index is 13.2. The van der Waals surface area contributed by atoms with Gasteiger partial charge in [-0.2, -0.15) is 5.26 Å². The van der Waals surface area contributed by atoms with Gasteiger partial charge in [-0.15, -0.1) is 10.2 Å². The average Bonchev–Trinajstić information content (AvgIpc) is 3.36. The van der Waals surface area contributed by atoms with Gasteiger partial charge in [0.1, 0.15) is 11.8 Å². The number of amides is 1. The van der Waals surface area contributed by atoms with Crippen molar-refractivity contribution in [1.29, 1.82) is 5.26 Å². The Morgan fingerprint density at radius 1 is 1.00 bits per heavy atom. The number of azo groups is 1. The van der Waals surface area contributed by atoms with Crippen LogP contribution in [0.2, 0.25) is 0 Å². The Hall–Kier alpha value is -4.78. The van der Waals surface area contributed by atoms with Crippen LogP contribution in [0.25, 0.3) is 5.69 Å². The average molecular weight is 495 g/mol. The molecular weight excluding hydrogens is 468 g/mol. The molecule has 0 bridgehead atoms. The van der Waals surface area contributed by atoms with Gasteiger partial charge in [0.25, 0.3) is 11.5 Å². The summed E-state index contributed by atoms with van der Waals surface area (Å²) in [6.45, 7) is 3.14. The largest absolute Gasteiger partial charge is 0.354 e. The third kappa shape index (κ3) is 4.47. The fraction of sp³-hybridized carbons (Fsp3) is 0.259. The Morgan fingerprint density at radius 3 is 2.43 bits per heavy atom. The van der Waals surface area contributed by atoms with Crippen molar-refractivity contribution in [2.75, 3.05) is 18.4 Å². The highest BCUT2D eigenvalue weighted by atomic mass is 16.2. The summed E-state index contributed by atoms with van der Waals surface area (Å²) >= 11 is 0. The summed E-state index contributed by atoms with van der Waals surface area (Å²) in [5.41, 5.74) is 2.59.